The summed E-state index contributed by atoms with van der Waals surface area (Å²) in [5.41, 5.74) is 0.204. The van der Waals surface area contributed by atoms with Gasteiger partial charge in [-0.2, -0.15) is 0 Å². The summed E-state index contributed by atoms with van der Waals surface area (Å²) >= 11 is 0. The van der Waals surface area contributed by atoms with Crippen LogP contribution in [0.15, 0.2) is 71.8 Å². The Morgan fingerprint density at radius 2 is 0.933 bits per heavy atom. The van der Waals surface area contributed by atoms with Gasteiger partial charge in [0.1, 0.15) is 0 Å². The predicted molar refractivity (Wildman–Crippen MR) is 109 cm³/mol. The molecule has 8 heteroatoms. The molecular weight excluding hydrogens is 388 g/mol. The molecule has 2 aromatic carbocycles. The second-order valence-electron chi connectivity index (χ2n) is 6.31. The van der Waals surface area contributed by atoms with Crippen molar-refractivity contribution in [2.45, 2.75) is 12.8 Å². The minimum absolute atomic E-state index is 0.0392. The SMILES string of the molecule is O=C(O)/C(CCNC(=O)c1ccccc1)=C(\CCNC(=O)c1ccccc1)C(=O)O. The summed E-state index contributed by atoms with van der Waals surface area (Å²) in [7, 11) is 0. The highest BCUT2D eigenvalue weighted by Gasteiger charge is 2.20. The number of carboxylic acids is 2. The Balaban J connectivity index is 1.99. The molecule has 0 fully saturated rings. The van der Waals surface area contributed by atoms with E-state index in [0.717, 1.165) is 0 Å². The van der Waals surface area contributed by atoms with Crippen molar-refractivity contribution in [1.82, 2.24) is 10.6 Å². The predicted octanol–water partition coefficient (Wildman–Crippen LogP) is 2.09. The molecule has 0 radical (unpaired) electrons. The van der Waals surface area contributed by atoms with Gasteiger partial charge in [-0.1, -0.05) is 36.4 Å². The first-order chi connectivity index (χ1) is 14.4. The van der Waals surface area contributed by atoms with Crippen molar-refractivity contribution in [2.75, 3.05) is 13.1 Å². The van der Waals surface area contributed by atoms with Gasteiger partial charge in [-0.15, -0.1) is 0 Å². The van der Waals surface area contributed by atoms with E-state index in [9.17, 15) is 29.4 Å². The van der Waals surface area contributed by atoms with Crippen molar-refractivity contribution in [3.8, 4) is 0 Å². The fraction of sp³-hybridized carbons (Fsp3) is 0.182. The van der Waals surface area contributed by atoms with Crippen LogP contribution in [0.5, 0.6) is 0 Å². The van der Waals surface area contributed by atoms with Crippen LogP contribution in [-0.4, -0.2) is 47.1 Å². The maximum absolute atomic E-state index is 12.0. The molecule has 0 aliphatic rings. The number of carbonyl (C=O) groups excluding carboxylic acids is 2. The molecule has 4 N–H and O–H groups in total. The number of carbonyl (C=O) groups is 4. The molecule has 0 bridgehead atoms. The summed E-state index contributed by atoms with van der Waals surface area (Å²) in [6, 6.07) is 16.8. The van der Waals surface area contributed by atoms with Crippen LogP contribution in [-0.2, 0) is 9.59 Å². The number of rotatable bonds is 10. The van der Waals surface area contributed by atoms with Gasteiger partial charge >= 0.3 is 11.9 Å². The van der Waals surface area contributed by atoms with Crippen LogP contribution >= 0.6 is 0 Å². The first-order valence-corrected chi connectivity index (χ1v) is 9.25. The van der Waals surface area contributed by atoms with E-state index < -0.39 is 11.9 Å². The third kappa shape index (κ3) is 6.59. The van der Waals surface area contributed by atoms with Gasteiger partial charge in [0.25, 0.3) is 11.8 Å². The van der Waals surface area contributed by atoms with Gasteiger partial charge in [-0.05, 0) is 37.1 Å². The summed E-state index contributed by atoms with van der Waals surface area (Å²) in [6.07, 6.45) is -0.329. The zero-order chi connectivity index (χ0) is 21.9. The van der Waals surface area contributed by atoms with Crippen molar-refractivity contribution >= 4 is 23.8 Å². The summed E-state index contributed by atoms with van der Waals surface area (Å²) in [5.74, 6) is -3.52. The minimum atomic E-state index is -1.38. The number of nitrogens with one attached hydrogen (secondary N) is 2. The van der Waals surface area contributed by atoms with E-state index in [1.54, 1.807) is 60.7 Å². The van der Waals surface area contributed by atoms with Crippen molar-refractivity contribution < 1.29 is 29.4 Å². The summed E-state index contributed by atoms with van der Waals surface area (Å²) < 4.78 is 0. The topological polar surface area (TPSA) is 133 Å². The first-order valence-electron chi connectivity index (χ1n) is 9.25. The van der Waals surface area contributed by atoms with E-state index in [0.29, 0.717) is 11.1 Å². The van der Waals surface area contributed by atoms with Crippen LogP contribution in [0, 0.1) is 0 Å². The lowest BCUT2D eigenvalue weighted by molar-refractivity contribution is -0.136. The van der Waals surface area contributed by atoms with E-state index in [1.165, 1.54) is 0 Å². The quantitative estimate of drug-likeness (QED) is 0.443. The summed E-state index contributed by atoms with van der Waals surface area (Å²) in [6.45, 7) is -0.0783. The monoisotopic (exact) mass is 410 g/mol. The number of hydrogen-bond donors (Lipinski definition) is 4. The zero-order valence-electron chi connectivity index (χ0n) is 16.1. The molecular formula is C22H22N2O6. The van der Waals surface area contributed by atoms with Crippen molar-refractivity contribution in [2.24, 2.45) is 0 Å². The largest absolute Gasteiger partial charge is 0.478 e. The molecule has 2 amide bonds. The molecule has 156 valence electrons. The third-order valence-corrected chi connectivity index (χ3v) is 4.27. The zero-order valence-corrected chi connectivity index (χ0v) is 16.1. The fourth-order valence-corrected chi connectivity index (χ4v) is 2.76. The molecule has 0 saturated carbocycles. The highest BCUT2D eigenvalue weighted by atomic mass is 16.4. The molecule has 0 saturated heterocycles. The van der Waals surface area contributed by atoms with Gasteiger partial charge in [0, 0.05) is 35.4 Å². The molecule has 0 heterocycles. The van der Waals surface area contributed by atoms with Gasteiger partial charge in [-0.3, -0.25) is 9.59 Å². The van der Waals surface area contributed by atoms with Crippen LogP contribution in [0.3, 0.4) is 0 Å². The molecule has 2 aromatic rings. The average molecular weight is 410 g/mol. The van der Waals surface area contributed by atoms with Gasteiger partial charge in [0.05, 0.1) is 0 Å². The van der Waals surface area contributed by atoms with Gasteiger partial charge in [0.2, 0.25) is 0 Å². The molecule has 0 atom stereocenters. The number of amides is 2. The van der Waals surface area contributed by atoms with Crippen molar-refractivity contribution in [3.05, 3.63) is 82.9 Å². The van der Waals surface area contributed by atoms with Crippen LogP contribution in [0.2, 0.25) is 0 Å². The second kappa shape index (κ2) is 11.2. The summed E-state index contributed by atoms with van der Waals surface area (Å²) in [4.78, 5) is 47.3. The fourth-order valence-electron chi connectivity index (χ4n) is 2.76. The number of aliphatic carboxylic acids is 2. The minimum Gasteiger partial charge on any atom is -0.478 e. The van der Waals surface area contributed by atoms with E-state index in [4.69, 9.17) is 0 Å². The highest BCUT2D eigenvalue weighted by Crippen LogP contribution is 2.14. The van der Waals surface area contributed by atoms with Crippen molar-refractivity contribution in [3.63, 3.8) is 0 Å². The molecule has 2 rings (SSSR count). The molecule has 30 heavy (non-hydrogen) atoms. The van der Waals surface area contributed by atoms with Crippen LogP contribution in [0.4, 0.5) is 0 Å². The first kappa shape index (κ1) is 22.4. The van der Waals surface area contributed by atoms with E-state index in [2.05, 4.69) is 10.6 Å². The molecule has 0 aliphatic heterocycles. The Labute approximate surface area is 173 Å². The van der Waals surface area contributed by atoms with Crippen LogP contribution in [0.1, 0.15) is 33.6 Å². The average Bonchev–Trinajstić information content (AvgIpc) is 2.75. The lowest BCUT2D eigenvalue weighted by Gasteiger charge is -2.11. The van der Waals surface area contributed by atoms with Crippen LogP contribution in [0.25, 0.3) is 0 Å². The Morgan fingerprint density at radius 1 is 0.600 bits per heavy atom. The Morgan fingerprint density at radius 3 is 1.23 bits per heavy atom. The Bertz CT molecular complexity index is 861. The third-order valence-electron chi connectivity index (χ3n) is 4.27. The smallest absolute Gasteiger partial charge is 0.332 e. The van der Waals surface area contributed by atoms with E-state index in [1.807, 2.05) is 0 Å². The van der Waals surface area contributed by atoms with Gasteiger partial charge in [0.15, 0.2) is 0 Å². The second-order valence-corrected chi connectivity index (χ2v) is 6.31. The lowest BCUT2D eigenvalue weighted by atomic mass is 10.0. The van der Waals surface area contributed by atoms with E-state index >= 15 is 0 Å². The standard InChI is InChI=1S/C22H22N2O6/c25-19(15-7-3-1-4-8-15)23-13-11-17(21(27)28)18(22(29)30)12-14-24-20(26)16-9-5-2-6-10-16/h1-10H,11-14H2,(H,23,25)(H,24,26)(H,27,28)(H,29,30)/b18-17+. The Kier molecular flexibility index (Phi) is 8.31. The molecule has 0 aliphatic carbocycles. The molecule has 0 unspecified atom stereocenters. The summed E-state index contributed by atoms with van der Waals surface area (Å²) in [5, 5.41) is 24.0. The molecule has 0 spiro atoms. The lowest BCUT2D eigenvalue weighted by Crippen LogP contribution is -2.28. The Hall–Kier alpha value is -3.94. The van der Waals surface area contributed by atoms with Crippen molar-refractivity contribution in [1.29, 1.82) is 0 Å². The highest BCUT2D eigenvalue weighted by molar-refractivity contribution is 5.99. The number of carboxylic acid groups (broad SMARTS) is 2. The normalized spacial score (nSPS) is 11.2. The molecule has 0 aromatic heterocycles. The van der Waals surface area contributed by atoms with E-state index in [-0.39, 0.29) is 48.9 Å². The maximum atomic E-state index is 12.0. The van der Waals surface area contributed by atoms with Crippen LogP contribution < -0.4 is 10.6 Å². The number of benzene rings is 2. The van der Waals surface area contributed by atoms with Gasteiger partial charge in [-0.25, -0.2) is 9.59 Å². The number of hydrogen-bond acceptors (Lipinski definition) is 4. The maximum Gasteiger partial charge on any atom is 0.332 e. The molecule has 8 nitrogen and oxygen atoms in total. The van der Waals surface area contributed by atoms with Gasteiger partial charge < -0.3 is 20.8 Å².